The molecule has 1 saturated heterocycles. The zero-order chi connectivity index (χ0) is 24.3. The first-order chi connectivity index (χ1) is 16.4. The van der Waals surface area contributed by atoms with Crippen molar-refractivity contribution < 1.29 is 23.7 Å². The van der Waals surface area contributed by atoms with Crippen LogP contribution in [0.15, 0.2) is 42.5 Å². The number of carbonyl (C=O) groups excluding carboxylic acids is 1. The van der Waals surface area contributed by atoms with Gasteiger partial charge in [0.25, 0.3) is 0 Å². The molecule has 182 valence electrons. The number of amides is 1. The van der Waals surface area contributed by atoms with Gasteiger partial charge < -0.3 is 34.5 Å². The fourth-order valence-corrected chi connectivity index (χ4v) is 5.09. The second-order valence-corrected chi connectivity index (χ2v) is 8.77. The summed E-state index contributed by atoms with van der Waals surface area (Å²) in [6, 6.07) is 12.6. The van der Waals surface area contributed by atoms with Crippen LogP contribution in [0.1, 0.15) is 31.9 Å². The molecule has 8 nitrogen and oxygen atoms in total. The van der Waals surface area contributed by atoms with E-state index in [0.717, 1.165) is 17.7 Å². The van der Waals surface area contributed by atoms with Gasteiger partial charge >= 0.3 is 0 Å². The number of nitrogens with one attached hydrogen (secondary N) is 2. The highest BCUT2D eigenvalue weighted by Gasteiger charge is 2.59. The maximum atomic E-state index is 13.8. The molecular weight excluding hydrogens is 454 g/mol. The van der Waals surface area contributed by atoms with Crippen molar-refractivity contribution in [1.29, 1.82) is 0 Å². The minimum Gasteiger partial charge on any atom is -0.497 e. The quantitative estimate of drug-likeness (QED) is 0.411. The Labute approximate surface area is 205 Å². The maximum Gasteiger partial charge on any atom is 0.236 e. The molecule has 0 aliphatic carbocycles. The number of hydrogen-bond acceptors (Lipinski definition) is 6. The number of carbonyl (C=O) groups is 1. The average Bonchev–Trinajstić information content (AvgIpc) is 2.82. The minimum absolute atomic E-state index is 0.170. The number of anilines is 1. The van der Waals surface area contributed by atoms with Gasteiger partial charge in [0.15, 0.2) is 22.3 Å². The van der Waals surface area contributed by atoms with E-state index < -0.39 is 11.6 Å². The molecule has 0 saturated carbocycles. The van der Waals surface area contributed by atoms with E-state index in [-0.39, 0.29) is 11.9 Å². The number of hydrogen-bond donors (Lipinski definition) is 2. The number of fused-ring (bicyclic) bond motifs is 4. The summed E-state index contributed by atoms with van der Waals surface area (Å²) in [6.07, 6.45) is 0.731. The molecule has 0 unspecified atom stereocenters. The van der Waals surface area contributed by atoms with Crippen LogP contribution in [0.2, 0.25) is 0 Å². The Bertz CT molecular complexity index is 1050. The molecule has 2 aliphatic rings. The van der Waals surface area contributed by atoms with Crippen LogP contribution in [0.5, 0.6) is 17.2 Å². The number of rotatable bonds is 9. The lowest BCUT2D eigenvalue weighted by Gasteiger charge is -2.56. The zero-order valence-corrected chi connectivity index (χ0v) is 20.7. The molecule has 2 heterocycles. The highest BCUT2D eigenvalue weighted by molar-refractivity contribution is 7.80. The van der Waals surface area contributed by atoms with Gasteiger partial charge in [-0.05, 0) is 62.8 Å². The monoisotopic (exact) mass is 485 g/mol. The van der Waals surface area contributed by atoms with E-state index in [2.05, 4.69) is 10.6 Å². The van der Waals surface area contributed by atoms with Gasteiger partial charge in [0, 0.05) is 31.5 Å². The van der Waals surface area contributed by atoms with Crippen molar-refractivity contribution in [3.63, 3.8) is 0 Å². The number of thiocarbonyl (C=S) groups is 1. The Morgan fingerprint density at radius 3 is 2.68 bits per heavy atom. The molecule has 2 aromatic rings. The first kappa shape index (κ1) is 24.1. The predicted molar refractivity (Wildman–Crippen MR) is 133 cm³/mol. The highest BCUT2D eigenvalue weighted by Crippen LogP contribution is 2.51. The van der Waals surface area contributed by atoms with Gasteiger partial charge in [0.1, 0.15) is 11.7 Å². The third-order valence-electron chi connectivity index (χ3n) is 6.29. The molecule has 2 aromatic carbocycles. The zero-order valence-electron chi connectivity index (χ0n) is 19.9. The Morgan fingerprint density at radius 2 is 2.00 bits per heavy atom. The van der Waals surface area contributed by atoms with Crippen LogP contribution >= 0.6 is 12.2 Å². The number of nitrogens with zero attached hydrogens (tertiary/aromatic N) is 1. The molecule has 9 heteroatoms. The lowest BCUT2D eigenvalue weighted by atomic mass is 9.78. The van der Waals surface area contributed by atoms with Crippen molar-refractivity contribution in [3.05, 3.63) is 48.0 Å². The third-order valence-corrected chi connectivity index (χ3v) is 6.63. The van der Waals surface area contributed by atoms with Crippen LogP contribution in [0, 0.1) is 5.92 Å². The van der Waals surface area contributed by atoms with Crippen LogP contribution in [0.4, 0.5) is 5.69 Å². The molecule has 0 aromatic heterocycles. The lowest BCUT2D eigenvalue weighted by Crippen LogP contribution is -2.71. The number of methoxy groups -OCH3 is 2. The van der Waals surface area contributed by atoms with Gasteiger partial charge in [-0.15, -0.1) is 0 Å². The molecule has 1 fully saturated rings. The second-order valence-electron chi connectivity index (χ2n) is 8.38. The lowest BCUT2D eigenvalue weighted by molar-refractivity contribution is -0.150. The molecule has 2 N–H and O–H groups in total. The highest BCUT2D eigenvalue weighted by atomic mass is 32.1. The van der Waals surface area contributed by atoms with Crippen LogP contribution in [-0.2, 0) is 9.53 Å². The van der Waals surface area contributed by atoms with Gasteiger partial charge in [-0.25, -0.2) is 0 Å². The number of ether oxygens (including phenoxy) is 4. The Morgan fingerprint density at radius 1 is 1.24 bits per heavy atom. The van der Waals surface area contributed by atoms with Crippen LogP contribution < -0.4 is 24.8 Å². The van der Waals surface area contributed by atoms with Gasteiger partial charge in [-0.2, -0.15) is 0 Å². The van der Waals surface area contributed by atoms with Gasteiger partial charge in [-0.3, -0.25) is 4.79 Å². The van der Waals surface area contributed by atoms with E-state index in [4.69, 9.17) is 31.2 Å². The van der Waals surface area contributed by atoms with Crippen LogP contribution in [0.25, 0.3) is 0 Å². The van der Waals surface area contributed by atoms with E-state index in [1.807, 2.05) is 61.2 Å². The number of para-hydroxylation sites is 1. The summed E-state index contributed by atoms with van der Waals surface area (Å²) >= 11 is 5.73. The van der Waals surface area contributed by atoms with E-state index in [1.165, 1.54) is 0 Å². The molecule has 0 radical (unpaired) electrons. The molecule has 0 spiro atoms. The Balaban J connectivity index is 1.73. The summed E-state index contributed by atoms with van der Waals surface area (Å²) in [6.45, 7) is 5.50. The SMILES string of the molecule is CCOc1cccc2c1O[C@@]1(C)[C@@H](C(=O)Nc3ccc(OC)cc3)[C@@H]2NC(=S)N1CCCOC. The summed E-state index contributed by atoms with van der Waals surface area (Å²) in [5.74, 6) is 1.25. The summed E-state index contributed by atoms with van der Waals surface area (Å²) < 4.78 is 23.0. The Kier molecular flexibility index (Phi) is 7.13. The maximum absolute atomic E-state index is 13.8. The fourth-order valence-electron chi connectivity index (χ4n) is 4.69. The molecule has 3 atom stereocenters. The summed E-state index contributed by atoms with van der Waals surface area (Å²) in [5.41, 5.74) is 0.490. The van der Waals surface area contributed by atoms with Gasteiger partial charge in [0.05, 0.1) is 19.8 Å². The van der Waals surface area contributed by atoms with Crippen LogP contribution in [0.3, 0.4) is 0 Å². The van der Waals surface area contributed by atoms with E-state index in [0.29, 0.717) is 42.1 Å². The molecule has 2 aliphatic heterocycles. The summed E-state index contributed by atoms with van der Waals surface area (Å²) in [7, 11) is 3.27. The van der Waals surface area contributed by atoms with E-state index in [1.54, 1.807) is 14.2 Å². The fraction of sp³-hybridized carbons (Fsp3) is 0.440. The largest absolute Gasteiger partial charge is 0.497 e. The molecular formula is C25H31N3O5S. The van der Waals surface area contributed by atoms with E-state index in [9.17, 15) is 4.79 Å². The third kappa shape index (κ3) is 4.37. The standard InChI is InChI=1S/C25H31N3O5S/c1-5-32-19-9-6-8-18-21-20(23(29)26-16-10-12-17(31-4)13-11-16)25(2,33-22(18)19)28(24(34)27-21)14-7-15-30-3/h6,8-13,20-21H,5,7,14-15H2,1-4H3,(H,26,29)(H,27,34)/t20-,21-,25+/m1/s1. The van der Waals surface area contributed by atoms with Crippen molar-refractivity contribution in [2.24, 2.45) is 5.92 Å². The van der Waals surface area contributed by atoms with Gasteiger partial charge in [-0.1, -0.05) is 12.1 Å². The van der Waals surface area contributed by atoms with Crippen molar-refractivity contribution in [2.45, 2.75) is 32.0 Å². The van der Waals surface area contributed by atoms with Crippen molar-refractivity contribution in [2.75, 3.05) is 39.3 Å². The summed E-state index contributed by atoms with van der Waals surface area (Å²) in [5, 5.41) is 7.01. The normalized spacial score (nSPS) is 22.8. The first-order valence-corrected chi connectivity index (χ1v) is 11.8. The topological polar surface area (TPSA) is 81.3 Å². The molecule has 34 heavy (non-hydrogen) atoms. The molecule has 4 rings (SSSR count). The molecule has 2 bridgehead atoms. The first-order valence-electron chi connectivity index (χ1n) is 11.4. The van der Waals surface area contributed by atoms with Gasteiger partial charge in [0.2, 0.25) is 5.91 Å². The minimum atomic E-state index is -1.03. The predicted octanol–water partition coefficient (Wildman–Crippen LogP) is 3.73. The second kappa shape index (κ2) is 10.1. The van der Waals surface area contributed by atoms with Crippen LogP contribution in [-0.4, -0.2) is 55.6 Å². The van der Waals surface area contributed by atoms with Crippen molar-refractivity contribution in [3.8, 4) is 17.2 Å². The molecule has 1 amide bonds. The van der Waals surface area contributed by atoms with Crippen molar-refractivity contribution >= 4 is 28.9 Å². The Hall–Kier alpha value is -3.04. The smallest absolute Gasteiger partial charge is 0.236 e. The average molecular weight is 486 g/mol. The van der Waals surface area contributed by atoms with E-state index >= 15 is 0 Å². The summed E-state index contributed by atoms with van der Waals surface area (Å²) in [4.78, 5) is 15.7. The van der Waals surface area contributed by atoms with Crippen molar-refractivity contribution in [1.82, 2.24) is 10.2 Å². The number of benzene rings is 2.